The summed E-state index contributed by atoms with van der Waals surface area (Å²) in [6.45, 7) is 0. The highest BCUT2D eigenvalue weighted by atomic mass is 35.5. The lowest BCUT2D eigenvalue weighted by atomic mass is 10.3. The van der Waals surface area contributed by atoms with Crippen molar-refractivity contribution in [3.63, 3.8) is 0 Å². The van der Waals surface area contributed by atoms with Crippen molar-refractivity contribution in [2.45, 2.75) is 0 Å². The maximum Gasteiger partial charge on any atom is 0.275 e. The van der Waals surface area contributed by atoms with Crippen LogP contribution in [0.4, 0.5) is 11.5 Å². The fourth-order valence-corrected chi connectivity index (χ4v) is 1.68. The molecule has 4 N–H and O–H groups in total. The Kier molecular flexibility index (Phi) is 4.16. The number of aromatic nitrogens is 2. The molecule has 1 aromatic heterocycles. The summed E-state index contributed by atoms with van der Waals surface area (Å²) in [6.07, 6.45) is 2.71. The van der Waals surface area contributed by atoms with Crippen LogP contribution in [0.1, 0.15) is 10.5 Å². The van der Waals surface area contributed by atoms with Crippen LogP contribution in [0.5, 0.6) is 0 Å². The number of benzene rings is 1. The molecule has 98 valence electrons. The minimum absolute atomic E-state index is 0.103. The number of hydrogen-bond donors (Lipinski definition) is 3. The maximum absolute atomic E-state index is 12.0. The Morgan fingerprint density at radius 2 is 2.05 bits per heavy atom. The number of nitrogens with one attached hydrogen (secondary N) is 2. The predicted molar refractivity (Wildman–Crippen MR) is 74.3 cm³/mol. The highest BCUT2D eigenvalue weighted by molar-refractivity contribution is 6.44. The van der Waals surface area contributed by atoms with Gasteiger partial charge in [0.2, 0.25) is 0 Å². The Hall–Kier alpha value is -1.89. The number of halogens is 2. The molecular formula is C11H9Cl2N5O. The quantitative estimate of drug-likeness (QED) is 0.597. The number of nitrogens with two attached hydrogens (primary N) is 1. The Morgan fingerprint density at radius 3 is 2.79 bits per heavy atom. The van der Waals surface area contributed by atoms with Gasteiger partial charge in [0, 0.05) is 0 Å². The Balaban J connectivity index is 2.23. The lowest BCUT2D eigenvalue weighted by molar-refractivity contribution is 0.102. The largest absolute Gasteiger partial charge is 0.319 e. The van der Waals surface area contributed by atoms with Crippen LogP contribution in [-0.2, 0) is 0 Å². The van der Waals surface area contributed by atoms with Gasteiger partial charge in [0.1, 0.15) is 5.69 Å². The van der Waals surface area contributed by atoms with E-state index >= 15 is 0 Å². The monoisotopic (exact) mass is 297 g/mol. The zero-order chi connectivity index (χ0) is 13.8. The van der Waals surface area contributed by atoms with Gasteiger partial charge in [-0.3, -0.25) is 9.78 Å². The van der Waals surface area contributed by atoms with E-state index in [9.17, 15) is 4.79 Å². The first kappa shape index (κ1) is 13.5. The Labute approximate surface area is 118 Å². The molecular weight excluding hydrogens is 289 g/mol. The molecule has 8 heteroatoms. The third kappa shape index (κ3) is 3.11. The highest BCUT2D eigenvalue weighted by Crippen LogP contribution is 2.29. The number of hydrazine groups is 1. The Morgan fingerprint density at radius 1 is 1.26 bits per heavy atom. The van der Waals surface area contributed by atoms with Gasteiger partial charge in [-0.05, 0) is 12.1 Å². The second-order valence-electron chi connectivity index (χ2n) is 3.49. The van der Waals surface area contributed by atoms with E-state index in [1.165, 1.54) is 12.4 Å². The van der Waals surface area contributed by atoms with Crippen LogP contribution in [0.15, 0.2) is 30.6 Å². The number of amides is 1. The van der Waals surface area contributed by atoms with E-state index in [1.807, 2.05) is 0 Å². The van der Waals surface area contributed by atoms with Crippen molar-refractivity contribution in [2.24, 2.45) is 5.84 Å². The van der Waals surface area contributed by atoms with Gasteiger partial charge in [0.15, 0.2) is 5.82 Å². The van der Waals surface area contributed by atoms with Gasteiger partial charge in [0.25, 0.3) is 5.91 Å². The summed E-state index contributed by atoms with van der Waals surface area (Å²) < 4.78 is 0. The molecule has 0 spiro atoms. The van der Waals surface area contributed by atoms with Crippen LogP contribution in [0.25, 0.3) is 0 Å². The van der Waals surface area contributed by atoms with Crippen molar-refractivity contribution < 1.29 is 4.79 Å². The van der Waals surface area contributed by atoms with Gasteiger partial charge in [-0.2, -0.15) is 0 Å². The third-order valence-electron chi connectivity index (χ3n) is 2.21. The molecule has 1 amide bonds. The van der Waals surface area contributed by atoms with Gasteiger partial charge < -0.3 is 10.7 Å². The van der Waals surface area contributed by atoms with E-state index < -0.39 is 5.91 Å². The number of hydrogen-bond acceptors (Lipinski definition) is 5. The molecule has 0 aliphatic rings. The maximum atomic E-state index is 12.0. The minimum atomic E-state index is -0.464. The van der Waals surface area contributed by atoms with Gasteiger partial charge in [0.05, 0.1) is 28.1 Å². The number of nitrogen functional groups attached to an aromatic ring is 1. The standard InChI is InChI=1S/C11H9Cl2N5O/c12-6-2-1-3-7(10(6)13)17-11(19)8-4-15-5-9(16-8)18-14/h1-5H,14H2,(H,16,18)(H,17,19). The molecule has 2 rings (SSSR count). The van der Waals surface area contributed by atoms with E-state index in [2.05, 4.69) is 20.7 Å². The van der Waals surface area contributed by atoms with Crippen molar-refractivity contribution in [1.29, 1.82) is 0 Å². The molecule has 0 atom stereocenters. The van der Waals surface area contributed by atoms with E-state index in [0.717, 1.165) is 0 Å². The summed E-state index contributed by atoms with van der Waals surface area (Å²) in [5.41, 5.74) is 2.80. The highest BCUT2D eigenvalue weighted by Gasteiger charge is 2.12. The fourth-order valence-electron chi connectivity index (χ4n) is 1.33. The molecule has 0 aliphatic carbocycles. The summed E-state index contributed by atoms with van der Waals surface area (Å²) in [6, 6.07) is 4.93. The summed E-state index contributed by atoms with van der Waals surface area (Å²) in [5, 5.41) is 3.20. The average Bonchev–Trinajstić information content (AvgIpc) is 2.44. The SMILES string of the molecule is NNc1cncc(C(=O)Nc2cccc(Cl)c2Cl)n1. The first-order valence-corrected chi connectivity index (χ1v) is 5.91. The number of anilines is 2. The second kappa shape index (κ2) is 5.83. The fraction of sp³-hybridized carbons (Fsp3) is 0. The smallest absolute Gasteiger partial charge is 0.275 e. The Bertz CT molecular complexity index is 620. The second-order valence-corrected chi connectivity index (χ2v) is 4.27. The summed E-state index contributed by atoms with van der Waals surface area (Å²) >= 11 is 11.8. The number of rotatable bonds is 3. The van der Waals surface area contributed by atoms with Crippen molar-refractivity contribution in [3.05, 3.63) is 46.3 Å². The van der Waals surface area contributed by atoms with Gasteiger partial charge >= 0.3 is 0 Å². The number of carbonyl (C=O) groups is 1. The van der Waals surface area contributed by atoms with E-state index in [4.69, 9.17) is 29.0 Å². The van der Waals surface area contributed by atoms with E-state index in [-0.39, 0.29) is 16.5 Å². The first-order chi connectivity index (χ1) is 9.11. The van der Waals surface area contributed by atoms with Crippen LogP contribution < -0.4 is 16.6 Å². The molecule has 0 unspecified atom stereocenters. The molecule has 0 saturated heterocycles. The van der Waals surface area contributed by atoms with Crippen LogP contribution in [0.3, 0.4) is 0 Å². The van der Waals surface area contributed by atoms with E-state index in [1.54, 1.807) is 18.2 Å². The molecule has 1 heterocycles. The van der Waals surface area contributed by atoms with Crippen molar-refractivity contribution >= 4 is 40.6 Å². The lowest BCUT2D eigenvalue weighted by Crippen LogP contribution is -2.17. The predicted octanol–water partition coefficient (Wildman–Crippen LogP) is 2.32. The van der Waals surface area contributed by atoms with E-state index in [0.29, 0.717) is 10.7 Å². The van der Waals surface area contributed by atoms with Crippen LogP contribution >= 0.6 is 23.2 Å². The average molecular weight is 298 g/mol. The van der Waals surface area contributed by atoms with Gasteiger partial charge in [-0.1, -0.05) is 29.3 Å². The van der Waals surface area contributed by atoms with Crippen molar-refractivity contribution in [3.8, 4) is 0 Å². The van der Waals surface area contributed by atoms with Crippen molar-refractivity contribution in [2.75, 3.05) is 10.7 Å². The molecule has 0 saturated carbocycles. The third-order valence-corrected chi connectivity index (χ3v) is 3.03. The lowest BCUT2D eigenvalue weighted by Gasteiger charge is -2.08. The molecule has 1 aromatic carbocycles. The molecule has 0 aliphatic heterocycles. The van der Waals surface area contributed by atoms with Gasteiger partial charge in [-0.15, -0.1) is 0 Å². The molecule has 6 nitrogen and oxygen atoms in total. The molecule has 0 bridgehead atoms. The molecule has 0 radical (unpaired) electrons. The van der Waals surface area contributed by atoms with Crippen LogP contribution in [-0.4, -0.2) is 15.9 Å². The molecule has 0 fully saturated rings. The summed E-state index contributed by atoms with van der Waals surface area (Å²) in [7, 11) is 0. The normalized spacial score (nSPS) is 10.1. The topological polar surface area (TPSA) is 92.9 Å². The molecule has 2 aromatic rings. The minimum Gasteiger partial charge on any atom is -0.319 e. The van der Waals surface area contributed by atoms with Crippen molar-refractivity contribution in [1.82, 2.24) is 9.97 Å². The number of nitrogens with zero attached hydrogens (tertiary/aromatic N) is 2. The number of carbonyl (C=O) groups excluding carboxylic acids is 1. The zero-order valence-corrected chi connectivity index (χ0v) is 11.0. The summed E-state index contributed by atoms with van der Waals surface area (Å²) in [4.78, 5) is 19.7. The van der Waals surface area contributed by atoms with Gasteiger partial charge in [-0.25, -0.2) is 10.8 Å². The summed E-state index contributed by atoms with van der Waals surface area (Å²) in [5.74, 6) is 5.01. The first-order valence-electron chi connectivity index (χ1n) is 5.16. The zero-order valence-electron chi connectivity index (χ0n) is 9.52. The van der Waals surface area contributed by atoms with Crippen LogP contribution in [0.2, 0.25) is 10.0 Å². The van der Waals surface area contributed by atoms with Crippen LogP contribution in [0, 0.1) is 0 Å². The molecule has 19 heavy (non-hydrogen) atoms.